The lowest BCUT2D eigenvalue weighted by molar-refractivity contribution is 0.490. The number of fused-ring (bicyclic) bond motifs is 1. The molecule has 0 radical (unpaired) electrons. The Bertz CT molecular complexity index is 1020. The summed E-state index contributed by atoms with van der Waals surface area (Å²) < 4.78 is 19.1. The molecule has 0 fully saturated rings. The van der Waals surface area contributed by atoms with E-state index in [-0.39, 0.29) is 5.02 Å². The van der Waals surface area contributed by atoms with Crippen molar-refractivity contribution in [2.75, 3.05) is 6.54 Å². The molecule has 4 aromatic rings. The van der Waals surface area contributed by atoms with Gasteiger partial charge in [0.05, 0.1) is 22.6 Å². The Balaban J connectivity index is 1.26. The average Bonchev–Trinajstić information content (AvgIpc) is 3.30. The second kappa shape index (κ2) is 7.94. The van der Waals surface area contributed by atoms with E-state index in [2.05, 4.69) is 15.3 Å². The molecule has 0 spiro atoms. The van der Waals surface area contributed by atoms with Crippen LogP contribution in [-0.4, -0.2) is 16.5 Å². The highest BCUT2D eigenvalue weighted by molar-refractivity contribution is 6.31. The van der Waals surface area contributed by atoms with Gasteiger partial charge in [-0.15, -0.1) is 0 Å². The Morgan fingerprint density at radius 1 is 1.11 bits per heavy atom. The fraction of sp³-hybridized carbons (Fsp3) is 0.190. The number of para-hydroxylation sites is 2. The van der Waals surface area contributed by atoms with Crippen LogP contribution in [0.1, 0.15) is 18.0 Å². The van der Waals surface area contributed by atoms with Crippen LogP contribution < -0.4 is 5.32 Å². The lowest BCUT2D eigenvalue weighted by atomic mass is 10.2. The highest BCUT2D eigenvalue weighted by Crippen LogP contribution is 2.26. The highest BCUT2D eigenvalue weighted by atomic mass is 35.5. The minimum absolute atomic E-state index is 0.0918. The molecule has 0 unspecified atom stereocenters. The topological polar surface area (TPSA) is 53.9 Å². The lowest BCUT2D eigenvalue weighted by Gasteiger charge is -2.02. The molecule has 2 aromatic heterocycles. The molecule has 0 atom stereocenters. The first-order chi connectivity index (χ1) is 13.2. The zero-order valence-corrected chi connectivity index (χ0v) is 15.4. The van der Waals surface area contributed by atoms with Crippen molar-refractivity contribution in [1.29, 1.82) is 0 Å². The molecule has 0 saturated heterocycles. The second-order valence-corrected chi connectivity index (χ2v) is 6.78. The summed E-state index contributed by atoms with van der Waals surface area (Å²) >= 11 is 5.83. The Morgan fingerprint density at radius 3 is 2.85 bits per heavy atom. The lowest BCUT2D eigenvalue weighted by Crippen LogP contribution is -2.15. The Hall–Kier alpha value is -2.63. The molecular weight excluding hydrogens is 365 g/mol. The van der Waals surface area contributed by atoms with Crippen molar-refractivity contribution in [3.05, 3.63) is 77.0 Å². The molecule has 6 heteroatoms. The first kappa shape index (κ1) is 17.8. The molecule has 2 N–H and O–H groups in total. The number of hydrogen-bond acceptors (Lipinski definition) is 3. The number of aryl methyl sites for hydroxylation is 1. The summed E-state index contributed by atoms with van der Waals surface area (Å²) in [6, 6.07) is 16.4. The van der Waals surface area contributed by atoms with Gasteiger partial charge in [-0.2, -0.15) is 0 Å². The van der Waals surface area contributed by atoms with Crippen LogP contribution in [0, 0.1) is 5.82 Å². The minimum Gasteiger partial charge on any atom is -0.460 e. The maximum Gasteiger partial charge on any atom is 0.141 e. The summed E-state index contributed by atoms with van der Waals surface area (Å²) in [7, 11) is 0. The van der Waals surface area contributed by atoms with E-state index in [0.717, 1.165) is 47.6 Å². The summed E-state index contributed by atoms with van der Waals surface area (Å²) in [5.41, 5.74) is 2.84. The van der Waals surface area contributed by atoms with Gasteiger partial charge in [-0.05, 0) is 55.4 Å². The van der Waals surface area contributed by atoms with Crippen LogP contribution in [0.15, 0.2) is 59.0 Å². The van der Waals surface area contributed by atoms with Gasteiger partial charge in [0, 0.05) is 12.0 Å². The molecule has 138 valence electrons. The van der Waals surface area contributed by atoms with Gasteiger partial charge in [0.25, 0.3) is 0 Å². The number of nitrogens with zero attached hydrogens (tertiary/aromatic N) is 1. The SMILES string of the molecule is Fc1ccc(-c2ccc(CNCCCc3nc4ccccc4[nH]3)o2)cc1Cl. The molecule has 0 aliphatic heterocycles. The van der Waals surface area contributed by atoms with E-state index in [1.807, 2.05) is 36.4 Å². The van der Waals surface area contributed by atoms with E-state index in [1.54, 1.807) is 12.1 Å². The van der Waals surface area contributed by atoms with Crippen LogP contribution in [0.25, 0.3) is 22.4 Å². The van der Waals surface area contributed by atoms with Crippen LogP contribution in [0.3, 0.4) is 0 Å². The second-order valence-electron chi connectivity index (χ2n) is 6.38. The van der Waals surface area contributed by atoms with E-state index in [4.69, 9.17) is 16.0 Å². The predicted molar refractivity (Wildman–Crippen MR) is 105 cm³/mol. The maximum absolute atomic E-state index is 13.3. The van der Waals surface area contributed by atoms with Crippen molar-refractivity contribution in [2.24, 2.45) is 0 Å². The van der Waals surface area contributed by atoms with E-state index >= 15 is 0 Å². The van der Waals surface area contributed by atoms with Gasteiger partial charge in [-0.25, -0.2) is 9.37 Å². The maximum atomic E-state index is 13.3. The summed E-state index contributed by atoms with van der Waals surface area (Å²) in [5, 5.41) is 3.46. The fourth-order valence-corrected chi connectivity index (χ4v) is 3.17. The molecule has 4 rings (SSSR count). The van der Waals surface area contributed by atoms with Gasteiger partial charge in [0.15, 0.2) is 0 Å². The minimum atomic E-state index is -0.432. The number of H-pyrrole nitrogens is 1. The van der Waals surface area contributed by atoms with Gasteiger partial charge < -0.3 is 14.7 Å². The van der Waals surface area contributed by atoms with E-state index < -0.39 is 5.82 Å². The first-order valence-corrected chi connectivity index (χ1v) is 9.25. The highest BCUT2D eigenvalue weighted by Gasteiger charge is 2.08. The third-order valence-corrected chi connectivity index (χ3v) is 4.66. The Morgan fingerprint density at radius 2 is 2.00 bits per heavy atom. The van der Waals surface area contributed by atoms with Gasteiger partial charge >= 0.3 is 0 Å². The number of hydrogen-bond donors (Lipinski definition) is 2. The number of benzene rings is 2. The summed E-state index contributed by atoms with van der Waals surface area (Å²) in [5.74, 6) is 2.08. The molecule has 0 saturated carbocycles. The number of nitrogens with one attached hydrogen (secondary N) is 2. The summed E-state index contributed by atoms with van der Waals surface area (Å²) in [6.07, 6.45) is 1.86. The predicted octanol–water partition coefficient (Wildman–Crippen LogP) is 5.34. The number of furan rings is 1. The smallest absolute Gasteiger partial charge is 0.141 e. The van der Waals surface area contributed by atoms with Gasteiger partial charge in [0.2, 0.25) is 0 Å². The monoisotopic (exact) mass is 383 g/mol. The Labute approximate surface area is 161 Å². The standard InChI is InChI=1S/C21H19ClFN3O/c22-16-12-14(7-9-17(16)23)20-10-8-15(27-20)13-24-11-3-6-21-25-18-4-1-2-5-19(18)26-21/h1-2,4-5,7-10,12,24H,3,6,11,13H2,(H,25,26). The molecule has 4 nitrogen and oxygen atoms in total. The van der Waals surface area contributed by atoms with Crippen molar-refractivity contribution in [3.8, 4) is 11.3 Å². The molecule has 0 bridgehead atoms. The third-order valence-electron chi connectivity index (χ3n) is 4.37. The van der Waals surface area contributed by atoms with Crippen LogP contribution in [-0.2, 0) is 13.0 Å². The van der Waals surface area contributed by atoms with Crippen molar-refractivity contribution >= 4 is 22.6 Å². The summed E-state index contributed by atoms with van der Waals surface area (Å²) in [6.45, 7) is 1.49. The number of aromatic nitrogens is 2. The molecule has 2 aromatic carbocycles. The van der Waals surface area contributed by atoms with Crippen molar-refractivity contribution < 1.29 is 8.81 Å². The normalized spacial score (nSPS) is 11.3. The van der Waals surface area contributed by atoms with Crippen LogP contribution in [0.5, 0.6) is 0 Å². The third kappa shape index (κ3) is 4.21. The molecule has 0 aliphatic carbocycles. The summed E-state index contributed by atoms with van der Waals surface area (Å²) in [4.78, 5) is 7.92. The van der Waals surface area contributed by atoms with E-state index in [0.29, 0.717) is 12.3 Å². The van der Waals surface area contributed by atoms with Crippen molar-refractivity contribution in [3.63, 3.8) is 0 Å². The average molecular weight is 384 g/mol. The number of halogens is 2. The van der Waals surface area contributed by atoms with Gasteiger partial charge in [0.1, 0.15) is 23.2 Å². The number of rotatable bonds is 7. The van der Waals surface area contributed by atoms with E-state index in [1.165, 1.54) is 6.07 Å². The van der Waals surface area contributed by atoms with Crippen LogP contribution in [0.2, 0.25) is 5.02 Å². The Kier molecular flexibility index (Phi) is 5.23. The quantitative estimate of drug-likeness (QED) is 0.424. The molecule has 0 amide bonds. The first-order valence-electron chi connectivity index (χ1n) is 8.87. The molecular formula is C21H19ClFN3O. The van der Waals surface area contributed by atoms with Gasteiger partial charge in [-0.1, -0.05) is 23.7 Å². The fourth-order valence-electron chi connectivity index (χ4n) is 2.99. The largest absolute Gasteiger partial charge is 0.460 e. The number of imidazole rings is 1. The molecule has 27 heavy (non-hydrogen) atoms. The molecule has 2 heterocycles. The van der Waals surface area contributed by atoms with Crippen molar-refractivity contribution in [1.82, 2.24) is 15.3 Å². The van der Waals surface area contributed by atoms with Crippen LogP contribution >= 0.6 is 11.6 Å². The van der Waals surface area contributed by atoms with E-state index in [9.17, 15) is 4.39 Å². The van der Waals surface area contributed by atoms with Gasteiger partial charge in [-0.3, -0.25) is 0 Å². The number of aromatic amines is 1. The van der Waals surface area contributed by atoms with Crippen LogP contribution in [0.4, 0.5) is 4.39 Å². The zero-order valence-electron chi connectivity index (χ0n) is 14.6. The molecule has 0 aliphatic rings. The zero-order chi connectivity index (χ0) is 18.6. The van der Waals surface area contributed by atoms with Crippen molar-refractivity contribution in [2.45, 2.75) is 19.4 Å².